The molecule has 7 heteroatoms. The number of aryl methyl sites for hydroxylation is 1. The number of aromatic nitrogens is 2. The summed E-state index contributed by atoms with van der Waals surface area (Å²) in [7, 11) is -3.61. The maximum absolute atomic E-state index is 13.3. The van der Waals surface area contributed by atoms with E-state index in [-0.39, 0.29) is 17.4 Å². The van der Waals surface area contributed by atoms with Gasteiger partial charge in [0, 0.05) is 6.54 Å². The molecule has 0 atom stereocenters. The molecule has 19 heavy (non-hydrogen) atoms. The molecule has 1 aromatic carbocycles. The third-order valence-electron chi connectivity index (χ3n) is 2.61. The lowest BCUT2D eigenvalue weighted by Gasteiger charge is -2.05. The number of imidazole rings is 1. The first-order valence-electron chi connectivity index (χ1n) is 5.74. The van der Waals surface area contributed by atoms with Crippen LogP contribution in [0.1, 0.15) is 11.4 Å². The van der Waals surface area contributed by atoms with Gasteiger partial charge in [-0.1, -0.05) is 18.2 Å². The summed E-state index contributed by atoms with van der Waals surface area (Å²) in [5.74, 6) is 0.188. The second-order valence-electron chi connectivity index (χ2n) is 4.07. The third-order valence-corrected chi connectivity index (χ3v) is 3.98. The van der Waals surface area contributed by atoms with Gasteiger partial charge in [-0.3, -0.25) is 0 Å². The molecular formula is C12H14FN3O2S. The zero-order valence-corrected chi connectivity index (χ0v) is 11.2. The minimum atomic E-state index is -3.61. The SMILES string of the molecule is Cc1ncc(S(=O)(=O)NCCc2ccccc2F)[nH]1. The molecule has 0 spiro atoms. The molecule has 0 amide bonds. The molecule has 0 fully saturated rings. The second kappa shape index (κ2) is 5.50. The highest BCUT2D eigenvalue weighted by atomic mass is 32.2. The number of sulfonamides is 1. The van der Waals surface area contributed by atoms with Crippen LogP contribution in [0.25, 0.3) is 0 Å². The van der Waals surface area contributed by atoms with Gasteiger partial charge in [-0.05, 0) is 25.0 Å². The molecule has 1 aromatic heterocycles. The first-order valence-corrected chi connectivity index (χ1v) is 7.22. The van der Waals surface area contributed by atoms with E-state index in [1.807, 2.05) is 0 Å². The quantitative estimate of drug-likeness (QED) is 0.870. The molecule has 0 unspecified atom stereocenters. The highest BCUT2D eigenvalue weighted by Crippen LogP contribution is 2.08. The van der Waals surface area contributed by atoms with Crippen molar-refractivity contribution < 1.29 is 12.8 Å². The highest BCUT2D eigenvalue weighted by molar-refractivity contribution is 7.89. The molecule has 0 saturated carbocycles. The summed E-state index contributed by atoms with van der Waals surface area (Å²) in [6.07, 6.45) is 1.54. The molecule has 2 rings (SSSR count). The van der Waals surface area contributed by atoms with Crippen molar-refractivity contribution in [2.75, 3.05) is 6.54 Å². The second-order valence-corrected chi connectivity index (χ2v) is 5.81. The number of aromatic amines is 1. The van der Waals surface area contributed by atoms with Crippen LogP contribution in [0.3, 0.4) is 0 Å². The molecule has 5 nitrogen and oxygen atoms in total. The Balaban J connectivity index is 1.98. The van der Waals surface area contributed by atoms with Crippen molar-refractivity contribution in [3.63, 3.8) is 0 Å². The Morgan fingerprint density at radius 3 is 2.74 bits per heavy atom. The van der Waals surface area contributed by atoms with Crippen LogP contribution in [0.4, 0.5) is 4.39 Å². The summed E-state index contributed by atoms with van der Waals surface area (Å²) in [5, 5.41) is 0.0125. The molecule has 0 aliphatic carbocycles. The standard InChI is InChI=1S/C12H14FN3O2S/c1-9-14-8-12(16-9)19(17,18)15-7-6-10-4-2-3-5-11(10)13/h2-5,8,15H,6-7H2,1H3,(H,14,16). The molecule has 2 aromatic rings. The number of halogens is 1. The molecule has 0 aliphatic heterocycles. The summed E-state index contributed by atoms with van der Waals surface area (Å²) in [6, 6.07) is 6.29. The Bertz CT molecular complexity index is 667. The largest absolute Gasteiger partial charge is 0.332 e. The predicted molar refractivity (Wildman–Crippen MR) is 68.6 cm³/mol. The van der Waals surface area contributed by atoms with Gasteiger partial charge in [-0.2, -0.15) is 0 Å². The minimum Gasteiger partial charge on any atom is -0.332 e. The Morgan fingerprint density at radius 1 is 1.37 bits per heavy atom. The lowest BCUT2D eigenvalue weighted by atomic mass is 10.1. The maximum atomic E-state index is 13.3. The van der Waals surface area contributed by atoms with Crippen LogP contribution >= 0.6 is 0 Å². The van der Waals surface area contributed by atoms with Crippen molar-refractivity contribution in [1.29, 1.82) is 0 Å². The summed E-state index contributed by atoms with van der Waals surface area (Å²) >= 11 is 0. The Labute approximate surface area is 110 Å². The molecule has 0 bridgehead atoms. The number of nitrogens with one attached hydrogen (secondary N) is 2. The van der Waals surface area contributed by atoms with Gasteiger partial charge in [-0.15, -0.1) is 0 Å². The number of benzene rings is 1. The highest BCUT2D eigenvalue weighted by Gasteiger charge is 2.15. The van der Waals surface area contributed by atoms with Gasteiger partial charge in [0.05, 0.1) is 6.20 Å². The number of H-pyrrole nitrogens is 1. The smallest absolute Gasteiger partial charge is 0.257 e. The van der Waals surface area contributed by atoms with Gasteiger partial charge in [0.1, 0.15) is 11.6 Å². The summed E-state index contributed by atoms with van der Waals surface area (Å²) in [6.45, 7) is 1.79. The number of hydrogen-bond donors (Lipinski definition) is 2. The zero-order valence-electron chi connectivity index (χ0n) is 10.4. The zero-order chi connectivity index (χ0) is 13.9. The van der Waals surface area contributed by atoms with Crippen molar-refractivity contribution in [2.45, 2.75) is 18.4 Å². The molecule has 0 aliphatic rings. The summed E-state index contributed by atoms with van der Waals surface area (Å²) in [5.41, 5.74) is 0.478. The fourth-order valence-corrected chi connectivity index (χ4v) is 2.63. The molecule has 0 radical (unpaired) electrons. The molecule has 1 heterocycles. The maximum Gasteiger partial charge on any atom is 0.257 e. The summed E-state index contributed by atoms with van der Waals surface area (Å²) in [4.78, 5) is 6.47. The van der Waals surface area contributed by atoms with Crippen molar-refractivity contribution in [1.82, 2.24) is 14.7 Å². The van der Waals surface area contributed by atoms with E-state index in [4.69, 9.17) is 0 Å². The van der Waals surface area contributed by atoms with E-state index in [0.29, 0.717) is 17.8 Å². The fourth-order valence-electron chi connectivity index (χ4n) is 1.63. The van der Waals surface area contributed by atoms with E-state index >= 15 is 0 Å². The van der Waals surface area contributed by atoms with Crippen LogP contribution in [0.2, 0.25) is 0 Å². The van der Waals surface area contributed by atoms with Crippen molar-refractivity contribution in [3.8, 4) is 0 Å². The van der Waals surface area contributed by atoms with Crippen LogP contribution in [0.5, 0.6) is 0 Å². The van der Waals surface area contributed by atoms with Crippen LogP contribution in [-0.4, -0.2) is 24.9 Å². The van der Waals surface area contributed by atoms with Crippen molar-refractivity contribution >= 4 is 10.0 Å². The van der Waals surface area contributed by atoms with E-state index in [1.165, 1.54) is 12.3 Å². The molecular weight excluding hydrogens is 269 g/mol. The van der Waals surface area contributed by atoms with Crippen LogP contribution < -0.4 is 4.72 Å². The van der Waals surface area contributed by atoms with Crippen molar-refractivity contribution in [3.05, 3.63) is 47.7 Å². The monoisotopic (exact) mass is 283 g/mol. The summed E-state index contributed by atoms with van der Waals surface area (Å²) < 4.78 is 39.4. The first kappa shape index (κ1) is 13.7. The molecule has 2 N–H and O–H groups in total. The van der Waals surface area contributed by atoms with Crippen LogP contribution in [0.15, 0.2) is 35.5 Å². The van der Waals surface area contributed by atoms with E-state index in [9.17, 15) is 12.8 Å². The Morgan fingerprint density at radius 2 is 2.11 bits per heavy atom. The van der Waals surface area contributed by atoms with E-state index < -0.39 is 10.0 Å². The first-order chi connectivity index (χ1) is 8.99. The average molecular weight is 283 g/mol. The normalized spacial score (nSPS) is 11.7. The van der Waals surface area contributed by atoms with Crippen LogP contribution in [-0.2, 0) is 16.4 Å². The Kier molecular flexibility index (Phi) is 3.96. The number of rotatable bonds is 5. The van der Waals surface area contributed by atoms with E-state index in [0.717, 1.165) is 0 Å². The van der Waals surface area contributed by atoms with Crippen molar-refractivity contribution in [2.24, 2.45) is 0 Å². The minimum absolute atomic E-state index is 0.0125. The topological polar surface area (TPSA) is 74.8 Å². The van der Waals surface area contributed by atoms with Crippen LogP contribution in [0, 0.1) is 12.7 Å². The average Bonchev–Trinajstić information content (AvgIpc) is 2.79. The molecule has 102 valence electrons. The van der Waals surface area contributed by atoms with Gasteiger partial charge in [0.25, 0.3) is 10.0 Å². The number of nitrogens with zero attached hydrogens (tertiary/aromatic N) is 1. The van der Waals surface area contributed by atoms with Gasteiger partial charge < -0.3 is 4.98 Å². The fraction of sp³-hybridized carbons (Fsp3) is 0.250. The third kappa shape index (κ3) is 3.39. The van der Waals surface area contributed by atoms with E-state index in [1.54, 1.807) is 25.1 Å². The molecule has 0 saturated heterocycles. The van der Waals surface area contributed by atoms with Gasteiger partial charge >= 0.3 is 0 Å². The lowest BCUT2D eigenvalue weighted by Crippen LogP contribution is -2.26. The van der Waals surface area contributed by atoms with Gasteiger partial charge in [0.2, 0.25) is 0 Å². The van der Waals surface area contributed by atoms with E-state index in [2.05, 4.69) is 14.7 Å². The predicted octanol–water partition coefficient (Wildman–Crippen LogP) is 1.38. The lowest BCUT2D eigenvalue weighted by molar-refractivity contribution is 0.574. The van der Waals surface area contributed by atoms with Gasteiger partial charge in [-0.25, -0.2) is 22.5 Å². The Hall–Kier alpha value is -1.73. The number of hydrogen-bond acceptors (Lipinski definition) is 3. The van der Waals surface area contributed by atoms with Gasteiger partial charge in [0.15, 0.2) is 5.03 Å².